The highest BCUT2D eigenvalue weighted by Crippen LogP contribution is 2.26. The first kappa shape index (κ1) is 18.6. The Morgan fingerprint density at radius 2 is 1.85 bits per heavy atom. The molecule has 138 valence electrons. The zero-order valence-corrected chi connectivity index (χ0v) is 16.1. The molecule has 0 bridgehead atoms. The van der Waals surface area contributed by atoms with E-state index in [-0.39, 0.29) is 5.91 Å². The number of carbonyl (C=O) groups is 1. The van der Waals surface area contributed by atoms with Crippen LogP contribution in [0.1, 0.15) is 43.0 Å². The highest BCUT2D eigenvalue weighted by Gasteiger charge is 2.28. The Kier molecular flexibility index (Phi) is 5.47. The first-order chi connectivity index (χ1) is 12.4. The van der Waals surface area contributed by atoms with Crippen LogP contribution in [0.15, 0.2) is 53.4 Å². The summed E-state index contributed by atoms with van der Waals surface area (Å²) < 4.78 is 23.2. The summed E-state index contributed by atoms with van der Waals surface area (Å²) in [7, 11) is -3.21. The molecule has 0 aromatic heterocycles. The molecule has 1 atom stereocenters. The van der Waals surface area contributed by atoms with Crippen molar-refractivity contribution in [3.05, 3.63) is 54.1 Å². The summed E-state index contributed by atoms with van der Waals surface area (Å²) in [6.07, 6.45) is 5.50. The van der Waals surface area contributed by atoms with Gasteiger partial charge in [-0.1, -0.05) is 37.6 Å². The van der Waals surface area contributed by atoms with E-state index < -0.39 is 9.84 Å². The third-order valence-electron chi connectivity index (χ3n) is 4.99. The van der Waals surface area contributed by atoms with Gasteiger partial charge in [-0.25, -0.2) is 8.42 Å². The molecule has 0 aliphatic carbocycles. The molecule has 26 heavy (non-hydrogen) atoms. The highest BCUT2D eigenvalue weighted by atomic mass is 32.2. The molecule has 0 N–H and O–H groups in total. The molecule has 0 saturated carbocycles. The second-order valence-electron chi connectivity index (χ2n) is 6.96. The van der Waals surface area contributed by atoms with Crippen LogP contribution in [0, 0.1) is 0 Å². The summed E-state index contributed by atoms with van der Waals surface area (Å²) >= 11 is 0. The summed E-state index contributed by atoms with van der Waals surface area (Å²) in [4.78, 5) is 15.3. The number of sulfone groups is 1. The van der Waals surface area contributed by atoms with Crippen molar-refractivity contribution < 1.29 is 13.2 Å². The van der Waals surface area contributed by atoms with Gasteiger partial charge in [0.25, 0.3) is 5.91 Å². The second kappa shape index (κ2) is 7.62. The first-order valence-corrected chi connectivity index (χ1v) is 11.0. The third kappa shape index (κ3) is 3.98. The van der Waals surface area contributed by atoms with E-state index in [1.54, 1.807) is 24.3 Å². The van der Waals surface area contributed by atoms with Crippen molar-refractivity contribution in [3.8, 4) is 11.1 Å². The molecular weight excluding hydrogens is 346 g/mol. The van der Waals surface area contributed by atoms with E-state index in [1.165, 1.54) is 6.26 Å². The molecule has 0 spiro atoms. The van der Waals surface area contributed by atoms with Gasteiger partial charge in [-0.15, -0.1) is 0 Å². The van der Waals surface area contributed by atoms with Gasteiger partial charge in [-0.05, 0) is 54.7 Å². The summed E-state index contributed by atoms with van der Waals surface area (Å²) in [5.74, 6) is 0.0931. The fourth-order valence-electron chi connectivity index (χ4n) is 3.63. The normalized spacial score (nSPS) is 17.5. The number of likely N-dealkylation sites (tertiary alicyclic amines) is 1. The molecule has 1 amide bonds. The van der Waals surface area contributed by atoms with Gasteiger partial charge in [-0.2, -0.15) is 0 Å². The predicted octanol–water partition coefficient (Wildman–Crippen LogP) is 4.16. The largest absolute Gasteiger partial charge is 0.336 e. The number of nitrogens with zero attached hydrogens (tertiary/aromatic N) is 1. The minimum absolute atomic E-state index is 0.0931. The topological polar surface area (TPSA) is 54.5 Å². The molecule has 1 aliphatic heterocycles. The van der Waals surface area contributed by atoms with Gasteiger partial charge < -0.3 is 4.90 Å². The Morgan fingerprint density at radius 3 is 2.50 bits per heavy atom. The maximum atomic E-state index is 12.9. The van der Waals surface area contributed by atoms with E-state index in [4.69, 9.17) is 0 Å². The van der Waals surface area contributed by atoms with E-state index in [0.29, 0.717) is 16.5 Å². The van der Waals surface area contributed by atoms with Gasteiger partial charge in [0, 0.05) is 24.4 Å². The van der Waals surface area contributed by atoms with E-state index in [9.17, 15) is 13.2 Å². The van der Waals surface area contributed by atoms with Gasteiger partial charge in [0.05, 0.1) is 4.90 Å². The molecule has 0 unspecified atom stereocenters. The van der Waals surface area contributed by atoms with Crippen molar-refractivity contribution in [1.29, 1.82) is 0 Å². The molecule has 1 fully saturated rings. The summed E-state index contributed by atoms with van der Waals surface area (Å²) in [5.41, 5.74) is 2.51. The number of benzene rings is 2. The quantitative estimate of drug-likeness (QED) is 0.793. The van der Waals surface area contributed by atoms with Gasteiger partial charge >= 0.3 is 0 Å². The van der Waals surface area contributed by atoms with E-state index in [0.717, 1.165) is 43.4 Å². The highest BCUT2D eigenvalue weighted by molar-refractivity contribution is 7.90. The fraction of sp³-hybridized carbons (Fsp3) is 0.381. The van der Waals surface area contributed by atoms with Crippen molar-refractivity contribution in [2.75, 3.05) is 12.8 Å². The molecule has 1 heterocycles. The Hall–Kier alpha value is -2.14. The SMILES string of the molecule is CCC[C@@H]1CCCN1C(=O)c1cccc(-c2ccc(S(C)(=O)=O)cc2)c1. The van der Waals surface area contributed by atoms with Crippen molar-refractivity contribution in [2.24, 2.45) is 0 Å². The van der Waals surface area contributed by atoms with Gasteiger partial charge in [0.2, 0.25) is 0 Å². The molecule has 1 saturated heterocycles. The van der Waals surface area contributed by atoms with E-state index in [1.807, 2.05) is 29.2 Å². The van der Waals surface area contributed by atoms with Crippen LogP contribution in [0.3, 0.4) is 0 Å². The molecule has 4 nitrogen and oxygen atoms in total. The van der Waals surface area contributed by atoms with Crippen LogP contribution in [0.4, 0.5) is 0 Å². The lowest BCUT2D eigenvalue weighted by atomic mass is 10.0. The average Bonchev–Trinajstić information content (AvgIpc) is 3.09. The Balaban J connectivity index is 1.85. The summed E-state index contributed by atoms with van der Waals surface area (Å²) in [6.45, 7) is 2.98. The van der Waals surface area contributed by atoms with Gasteiger partial charge in [-0.3, -0.25) is 4.79 Å². The zero-order valence-electron chi connectivity index (χ0n) is 15.3. The predicted molar refractivity (Wildman–Crippen MR) is 104 cm³/mol. The number of carbonyl (C=O) groups excluding carboxylic acids is 1. The first-order valence-electron chi connectivity index (χ1n) is 9.11. The van der Waals surface area contributed by atoms with Crippen LogP contribution in [0.2, 0.25) is 0 Å². The maximum Gasteiger partial charge on any atom is 0.254 e. The lowest BCUT2D eigenvalue weighted by Crippen LogP contribution is -2.35. The molecule has 0 radical (unpaired) electrons. The number of hydrogen-bond donors (Lipinski definition) is 0. The van der Waals surface area contributed by atoms with Crippen molar-refractivity contribution in [3.63, 3.8) is 0 Å². The Labute approximate surface area is 155 Å². The lowest BCUT2D eigenvalue weighted by Gasteiger charge is -2.24. The summed E-state index contributed by atoms with van der Waals surface area (Å²) in [5, 5.41) is 0. The maximum absolute atomic E-state index is 12.9. The number of amides is 1. The fourth-order valence-corrected chi connectivity index (χ4v) is 4.26. The lowest BCUT2D eigenvalue weighted by molar-refractivity contribution is 0.0730. The van der Waals surface area contributed by atoms with Crippen molar-refractivity contribution >= 4 is 15.7 Å². The molecule has 1 aliphatic rings. The van der Waals surface area contributed by atoms with Crippen LogP contribution in [0.5, 0.6) is 0 Å². The minimum atomic E-state index is -3.21. The molecule has 2 aromatic rings. The minimum Gasteiger partial charge on any atom is -0.336 e. The van der Waals surface area contributed by atoms with Crippen LogP contribution in [-0.4, -0.2) is 38.1 Å². The standard InChI is InChI=1S/C21H25NO3S/c1-3-6-19-9-5-14-22(19)21(23)18-8-4-7-17(15-18)16-10-12-20(13-11-16)26(2,24)25/h4,7-8,10-13,15,19H,3,5-6,9,14H2,1-2H3/t19-/m1/s1. The van der Waals surface area contributed by atoms with E-state index in [2.05, 4.69) is 6.92 Å². The van der Waals surface area contributed by atoms with Crippen LogP contribution >= 0.6 is 0 Å². The van der Waals surface area contributed by atoms with Gasteiger partial charge in [0.1, 0.15) is 0 Å². The van der Waals surface area contributed by atoms with Crippen LogP contribution in [0.25, 0.3) is 11.1 Å². The van der Waals surface area contributed by atoms with Crippen LogP contribution < -0.4 is 0 Å². The smallest absolute Gasteiger partial charge is 0.254 e. The molecule has 5 heteroatoms. The number of rotatable bonds is 5. The second-order valence-corrected chi connectivity index (χ2v) is 8.98. The Bertz CT molecular complexity index is 888. The third-order valence-corrected chi connectivity index (χ3v) is 6.11. The van der Waals surface area contributed by atoms with E-state index >= 15 is 0 Å². The monoisotopic (exact) mass is 371 g/mol. The average molecular weight is 372 g/mol. The molecule has 3 rings (SSSR count). The van der Waals surface area contributed by atoms with Crippen molar-refractivity contribution in [2.45, 2.75) is 43.5 Å². The summed E-state index contributed by atoms with van der Waals surface area (Å²) in [6, 6.07) is 14.7. The molecular formula is C21H25NO3S. The van der Waals surface area contributed by atoms with Gasteiger partial charge in [0.15, 0.2) is 9.84 Å². The Morgan fingerprint density at radius 1 is 1.12 bits per heavy atom. The number of hydrogen-bond acceptors (Lipinski definition) is 3. The molecule has 2 aromatic carbocycles. The van der Waals surface area contributed by atoms with Crippen molar-refractivity contribution in [1.82, 2.24) is 4.90 Å². The van der Waals surface area contributed by atoms with Crippen LogP contribution in [-0.2, 0) is 9.84 Å². The zero-order chi connectivity index (χ0) is 18.7.